The number of amides is 1. The lowest BCUT2D eigenvalue weighted by molar-refractivity contribution is -0.349. The van der Waals surface area contributed by atoms with Gasteiger partial charge in [0.25, 0.3) is 5.91 Å². The predicted octanol–water partition coefficient (Wildman–Crippen LogP) is 6.03. The van der Waals surface area contributed by atoms with Crippen LogP contribution >= 0.6 is 11.9 Å². The van der Waals surface area contributed by atoms with Crippen LogP contribution in [0.5, 0.6) is 0 Å². The van der Waals surface area contributed by atoms with Gasteiger partial charge in [-0.05, 0) is 43.3 Å². The molecular weight excluding hydrogens is 579 g/mol. The molecule has 4 atom stereocenters. The number of nitrogens with zero attached hydrogens (tertiary/aromatic N) is 4. The highest BCUT2D eigenvalue weighted by atomic mass is 32.2. The fourth-order valence-electron chi connectivity index (χ4n) is 7.24. The quantitative estimate of drug-likeness (QED) is 0.181. The van der Waals surface area contributed by atoms with Gasteiger partial charge in [-0.3, -0.25) is 9.78 Å². The second-order valence-electron chi connectivity index (χ2n) is 11.4. The summed E-state index contributed by atoms with van der Waals surface area (Å²) in [5.74, 6) is -4.39. The van der Waals surface area contributed by atoms with Crippen LogP contribution in [-0.4, -0.2) is 42.1 Å². The number of hydrogen-bond donors (Lipinski definition) is 2. The summed E-state index contributed by atoms with van der Waals surface area (Å²) in [4.78, 5) is 17.9. The summed E-state index contributed by atoms with van der Waals surface area (Å²) >= 11 is 1.49. The molecule has 8 nitrogen and oxygen atoms in total. The van der Waals surface area contributed by atoms with Crippen molar-refractivity contribution in [1.82, 2.24) is 19.0 Å². The van der Waals surface area contributed by atoms with Gasteiger partial charge in [-0.2, -0.15) is 0 Å². The van der Waals surface area contributed by atoms with Gasteiger partial charge in [0.1, 0.15) is 27.5 Å². The first-order valence-electron chi connectivity index (χ1n) is 13.8. The van der Waals surface area contributed by atoms with Crippen LogP contribution in [0.2, 0.25) is 0 Å². The Bertz CT molecular complexity index is 1920. The normalized spacial score (nSPS) is 25.8. The molecule has 1 amide bonds. The van der Waals surface area contributed by atoms with Crippen LogP contribution in [0.25, 0.3) is 22.2 Å². The molecule has 8 rings (SSSR count). The van der Waals surface area contributed by atoms with Gasteiger partial charge in [0.05, 0.1) is 0 Å². The maximum atomic E-state index is 13.8. The molecule has 0 bridgehead atoms. The topological polar surface area (TPSA) is 96.4 Å². The van der Waals surface area contributed by atoms with Crippen molar-refractivity contribution in [3.63, 3.8) is 0 Å². The number of nitrogens with one attached hydrogen (secondary N) is 1. The number of pyridine rings is 1. The summed E-state index contributed by atoms with van der Waals surface area (Å²) in [5, 5.41) is 19.9. The average molecular weight is 604 g/mol. The number of fused-ring (bicyclic) bond motifs is 1. The van der Waals surface area contributed by atoms with Crippen LogP contribution in [0.15, 0.2) is 76.4 Å². The number of aliphatic hydroxyl groups is 1. The Labute approximate surface area is 247 Å². The van der Waals surface area contributed by atoms with E-state index in [0.29, 0.717) is 28.8 Å². The maximum absolute atomic E-state index is 13.8. The minimum atomic E-state index is -1.60. The Morgan fingerprint density at radius 3 is 2.56 bits per heavy atom. The van der Waals surface area contributed by atoms with E-state index in [4.69, 9.17) is 4.52 Å². The van der Waals surface area contributed by atoms with Gasteiger partial charge >= 0.3 is 0 Å². The molecule has 3 aromatic heterocycles. The SMILES string of the molecule is Cn1c(C(=O)Nc2cc(F)c(F)c(F)c2)c2cccnc2c1SN1C2CCC23C1CC3(O)c1cc(-c2ccccc2)on1. The van der Waals surface area contributed by atoms with Gasteiger partial charge in [-0.25, -0.2) is 17.5 Å². The van der Waals surface area contributed by atoms with Crippen molar-refractivity contribution in [3.8, 4) is 11.3 Å². The molecular formula is C31H24F3N5O3S. The minimum Gasteiger partial charge on any atom is -0.383 e. The zero-order chi connectivity index (χ0) is 29.7. The Morgan fingerprint density at radius 2 is 1.86 bits per heavy atom. The molecule has 43 heavy (non-hydrogen) atoms. The van der Waals surface area contributed by atoms with Gasteiger partial charge < -0.3 is 19.5 Å². The van der Waals surface area contributed by atoms with E-state index in [1.807, 2.05) is 36.4 Å². The average Bonchev–Trinajstić information content (AvgIpc) is 3.58. The number of carbonyl (C=O) groups excluding carboxylic acids is 1. The number of aromatic nitrogens is 3. The van der Waals surface area contributed by atoms with Crippen LogP contribution < -0.4 is 5.32 Å². The highest BCUT2D eigenvalue weighted by Gasteiger charge is 2.83. The lowest BCUT2D eigenvalue weighted by Crippen LogP contribution is -2.88. The Hall–Kier alpha value is -4.13. The van der Waals surface area contributed by atoms with Crippen LogP contribution in [-0.2, 0) is 12.6 Å². The van der Waals surface area contributed by atoms with E-state index in [2.05, 4.69) is 19.8 Å². The molecule has 1 spiro atoms. The number of hydrogen-bond acceptors (Lipinski definition) is 7. The highest BCUT2D eigenvalue weighted by Crippen LogP contribution is 2.77. The first-order chi connectivity index (χ1) is 20.7. The third kappa shape index (κ3) is 3.51. The molecule has 12 heteroatoms. The summed E-state index contributed by atoms with van der Waals surface area (Å²) < 4.78 is 50.6. The first-order valence-corrected chi connectivity index (χ1v) is 14.6. The third-order valence-corrected chi connectivity index (χ3v) is 10.8. The molecule has 1 saturated heterocycles. The fraction of sp³-hybridized carbons (Fsp3) is 0.258. The van der Waals surface area contributed by atoms with Crippen molar-refractivity contribution in [2.24, 2.45) is 12.5 Å². The van der Waals surface area contributed by atoms with Crippen LogP contribution in [0.1, 0.15) is 35.4 Å². The number of rotatable bonds is 6. The molecule has 3 aliphatic rings. The monoisotopic (exact) mass is 603 g/mol. The van der Waals surface area contributed by atoms with Crippen molar-refractivity contribution < 1.29 is 27.6 Å². The molecule has 1 aliphatic heterocycles. The number of anilines is 1. The van der Waals surface area contributed by atoms with Crippen LogP contribution in [0.4, 0.5) is 18.9 Å². The molecule has 3 fully saturated rings. The number of piperidine rings is 2. The number of halogens is 3. The van der Waals surface area contributed by atoms with Crippen LogP contribution in [0.3, 0.4) is 0 Å². The molecule has 2 aromatic carbocycles. The minimum absolute atomic E-state index is 0.0919. The zero-order valence-corrected chi connectivity index (χ0v) is 23.5. The summed E-state index contributed by atoms with van der Waals surface area (Å²) in [6.45, 7) is 0. The molecule has 2 aliphatic carbocycles. The van der Waals surface area contributed by atoms with Crippen molar-refractivity contribution in [3.05, 3.63) is 95.7 Å². The standard InChI is InChI=1S/C31H24F3N5O3S/c1-38-27(28(40)36-17-12-19(32)25(34)20(33)13-17)18-8-5-11-35-26(18)29(38)43-39-23-9-10-30(23)24(39)15-31(30,41)22-14-21(42-37-22)16-6-3-2-4-7-16/h2-8,11-14,23-24,41H,9-10,15H2,1H3,(H,36,40). The summed E-state index contributed by atoms with van der Waals surface area (Å²) in [5.41, 5.74) is 0.684. The molecule has 218 valence electrons. The van der Waals surface area contributed by atoms with Crippen LogP contribution in [0, 0.1) is 22.9 Å². The van der Waals surface area contributed by atoms with Gasteiger partial charge in [0.2, 0.25) is 0 Å². The summed E-state index contributed by atoms with van der Waals surface area (Å²) in [6.07, 6.45) is 3.90. The second kappa shape index (κ2) is 9.18. The second-order valence-corrected chi connectivity index (χ2v) is 12.4. The largest absolute Gasteiger partial charge is 0.383 e. The predicted molar refractivity (Wildman–Crippen MR) is 152 cm³/mol. The van der Waals surface area contributed by atoms with Crippen molar-refractivity contribution in [2.75, 3.05) is 5.32 Å². The number of benzene rings is 2. The smallest absolute Gasteiger partial charge is 0.273 e. The molecule has 2 saturated carbocycles. The van der Waals surface area contributed by atoms with E-state index in [-0.39, 0.29) is 28.9 Å². The van der Waals surface area contributed by atoms with E-state index >= 15 is 0 Å². The van der Waals surface area contributed by atoms with Crippen molar-refractivity contribution in [1.29, 1.82) is 0 Å². The summed E-state index contributed by atoms with van der Waals surface area (Å²) in [7, 11) is 1.73. The fourth-order valence-corrected chi connectivity index (χ4v) is 8.72. The molecule has 4 unspecified atom stereocenters. The summed E-state index contributed by atoms with van der Waals surface area (Å²) in [6, 6.07) is 16.6. The molecule has 4 heterocycles. The lowest BCUT2D eigenvalue weighted by atomic mass is 9.36. The third-order valence-electron chi connectivity index (χ3n) is 9.44. The molecule has 0 radical (unpaired) electrons. The molecule has 2 N–H and O–H groups in total. The van der Waals surface area contributed by atoms with Gasteiger partial charge in [-0.15, -0.1) is 0 Å². The van der Waals surface area contributed by atoms with E-state index in [1.54, 1.807) is 29.9 Å². The first kappa shape index (κ1) is 26.5. The van der Waals surface area contributed by atoms with Gasteiger partial charge in [0.15, 0.2) is 23.2 Å². The zero-order valence-electron chi connectivity index (χ0n) is 22.7. The van der Waals surface area contributed by atoms with Crippen molar-refractivity contribution in [2.45, 2.75) is 42.0 Å². The van der Waals surface area contributed by atoms with E-state index in [1.165, 1.54) is 11.9 Å². The maximum Gasteiger partial charge on any atom is 0.273 e. The van der Waals surface area contributed by atoms with E-state index in [9.17, 15) is 23.1 Å². The molecule has 5 aromatic rings. The van der Waals surface area contributed by atoms with Crippen molar-refractivity contribution >= 4 is 34.4 Å². The Balaban J connectivity index is 1.07. The van der Waals surface area contributed by atoms with Gasteiger partial charge in [0, 0.05) is 65.6 Å². The Morgan fingerprint density at radius 1 is 1.09 bits per heavy atom. The highest BCUT2D eigenvalue weighted by molar-refractivity contribution is 7.97. The van der Waals surface area contributed by atoms with E-state index < -0.39 is 29.0 Å². The van der Waals surface area contributed by atoms with Gasteiger partial charge in [-0.1, -0.05) is 35.5 Å². The lowest BCUT2D eigenvalue weighted by Gasteiger charge is -2.81. The van der Waals surface area contributed by atoms with E-state index in [0.717, 1.165) is 35.6 Å². The number of carbonyl (C=O) groups is 1. The Kier molecular flexibility index (Phi) is 5.66.